The summed E-state index contributed by atoms with van der Waals surface area (Å²) in [5.41, 5.74) is 5.18. The van der Waals surface area contributed by atoms with Crippen molar-refractivity contribution in [2.75, 3.05) is 6.54 Å². The van der Waals surface area contributed by atoms with E-state index < -0.39 is 0 Å². The molecule has 164 valence electrons. The Morgan fingerprint density at radius 2 is 2.03 bits per heavy atom. The molecule has 1 aliphatic rings. The topological polar surface area (TPSA) is 66.8 Å². The Bertz CT molecular complexity index is 1220. The lowest BCUT2D eigenvalue weighted by atomic mass is 10.1. The number of hydrogen-bond acceptors (Lipinski definition) is 3. The van der Waals surface area contributed by atoms with Crippen molar-refractivity contribution in [1.29, 1.82) is 0 Å². The largest absolute Gasteiger partial charge is 0.340 e. The van der Waals surface area contributed by atoms with Crippen molar-refractivity contribution < 1.29 is 9.18 Å². The van der Waals surface area contributed by atoms with E-state index in [4.69, 9.17) is 0 Å². The van der Waals surface area contributed by atoms with Crippen LogP contribution in [0.4, 0.5) is 4.39 Å². The Morgan fingerprint density at radius 3 is 2.81 bits per heavy atom. The molecule has 0 radical (unpaired) electrons. The van der Waals surface area contributed by atoms with Gasteiger partial charge in [-0.05, 0) is 61.1 Å². The summed E-state index contributed by atoms with van der Waals surface area (Å²) >= 11 is 0. The van der Waals surface area contributed by atoms with E-state index >= 15 is 0 Å². The summed E-state index contributed by atoms with van der Waals surface area (Å²) in [5.74, 6) is 0.316. The molecule has 0 saturated carbocycles. The van der Waals surface area contributed by atoms with Crippen LogP contribution in [-0.4, -0.2) is 43.1 Å². The van der Waals surface area contributed by atoms with Crippen LogP contribution in [0.3, 0.4) is 0 Å². The maximum atomic E-state index is 13.1. The zero-order chi connectivity index (χ0) is 22.1. The van der Waals surface area contributed by atoms with Gasteiger partial charge in [-0.15, -0.1) is 0 Å². The summed E-state index contributed by atoms with van der Waals surface area (Å²) in [6.07, 6.45) is 7.65. The highest BCUT2D eigenvalue weighted by molar-refractivity contribution is 5.82. The van der Waals surface area contributed by atoms with E-state index in [0.717, 1.165) is 47.2 Å². The molecule has 32 heavy (non-hydrogen) atoms. The smallest absolute Gasteiger partial charge is 0.223 e. The lowest BCUT2D eigenvalue weighted by Crippen LogP contribution is -2.34. The fourth-order valence-corrected chi connectivity index (χ4v) is 4.74. The van der Waals surface area contributed by atoms with Gasteiger partial charge in [-0.1, -0.05) is 18.2 Å². The molecule has 2 atom stereocenters. The molecule has 1 N–H and O–H groups in total. The highest BCUT2D eigenvalue weighted by Gasteiger charge is 2.32. The number of amides is 1. The van der Waals surface area contributed by atoms with Crippen molar-refractivity contribution in [3.63, 3.8) is 0 Å². The van der Waals surface area contributed by atoms with E-state index in [0.29, 0.717) is 18.8 Å². The van der Waals surface area contributed by atoms with Crippen LogP contribution in [-0.2, 0) is 17.8 Å². The third kappa shape index (κ3) is 4.15. The highest BCUT2D eigenvalue weighted by atomic mass is 19.1. The molecule has 1 saturated heterocycles. The van der Waals surface area contributed by atoms with Crippen LogP contribution in [0.25, 0.3) is 22.2 Å². The molecule has 1 fully saturated rings. The molecule has 6 nitrogen and oxygen atoms in total. The van der Waals surface area contributed by atoms with Crippen molar-refractivity contribution in [1.82, 2.24) is 24.6 Å². The number of H-pyrrole nitrogens is 1. The Morgan fingerprint density at radius 1 is 1.19 bits per heavy atom. The number of likely N-dealkylation sites (tertiary alicyclic amines) is 1. The van der Waals surface area contributed by atoms with Crippen molar-refractivity contribution >= 4 is 16.9 Å². The number of aromatic nitrogens is 4. The van der Waals surface area contributed by atoms with Gasteiger partial charge in [0.05, 0.1) is 23.6 Å². The van der Waals surface area contributed by atoms with Crippen molar-refractivity contribution in [3.05, 3.63) is 72.6 Å². The minimum absolute atomic E-state index is 0.171. The Hall–Kier alpha value is -3.48. The number of rotatable bonds is 6. The molecule has 1 amide bonds. The summed E-state index contributed by atoms with van der Waals surface area (Å²) in [6.45, 7) is 3.73. The first-order valence-corrected chi connectivity index (χ1v) is 11.0. The Balaban J connectivity index is 1.22. The number of hydrogen-bond donors (Lipinski definition) is 1. The number of carbonyl (C=O) groups excluding carboxylic acids is 1. The quantitative estimate of drug-likeness (QED) is 0.491. The van der Waals surface area contributed by atoms with Crippen LogP contribution in [0.15, 0.2) is 61.2 Å². The molecule has 3 heterocycles. The highest BCUT2D eigenvalue weighted by Crippen LogP contribution is 2.28. The van der Waals surface area contributed by atoms with E-state index in [2.05, 4.69) is 44.9 Å². The van der Waals surface area contributed by atoms with E-state index in [1.807, 2.05) is 17.4 Å². The Kier molecular flexibility index (Phi) is 5.47. The minimum atomic E-state index is -0.249. The zero-order valence-corrected chi connectivity index (χ0v) is 18.0. The van der Waals surface area contributed by atoms with E-state index in [-0.39, 0.29) is 17.8 Å². The summed E-state index contributed by atoms with van der Waals surface area (Å²) < 4.78 is 15.3. The van der Waals surface area contributed by atoms with Gasteiger partial charge in [-0.25, -0.2) is 9.37 Å². The van der Waals surface area contributed by atoms with Gasteiger partial charge in [-0.3, -0.25) is 9.89 Å². The van der Waals surface area contributed by atoms with Crippen molar-refractivity contribution in [2.45, 2.75) is 38.8 Å². The lowest BCUT2D eigenvalue weighted by molar-refractivity contribution is -0.131. The van der Waals surface area contributed by atoms with E-state index in [9.17, 15) is 9.18 Å². The van der Waals surface area contributed by atoms with Crippen molar-refractivity contribution in [3.8, 4) is 11.1 Å². The number of halogens is 1. The monoisotopic (exact) mass is 431 g/mol. The first-order chi connectivity index (χ1) is 15.6. The average molecular weight is 432 g/mol. The molecule has 5 rings (SSSR count). The second kappa shape index (κ2) is 8.57. The lowest BCUT2D eigenvalue weighted by Gasteiger charge is -2.21. The maximum absolute atomic E-state index is 13.1. The van der Waals surface area contributed by atoms with Crippen LogP contribution in [0.2, 0.25) is 0 Å². The van der Waals surface area contributed by atoms with Crippen LogP contribution >= 0.6 is 0 Å². The number of imidazole rings is 1. The standard InChI is InChI=1S/C25H26FN5O/c1-17-10-19(15-31(17)25(32)9-4-18-2-6-22(26)7-3-18)14-30-16-27-23-11-20(5-8-24(23)30)21-12-28-29-13-21/h2-3,5-8,11-13,16-17,19H,4,9-10,14-15H2,1H3,(H,28,29)/t17-,19-/m0/s1. The van der Waals surface area contributed by atoms with Gasteiger partial charge in [0.1, 0.15) is 5.82 Å². The fourth-order valence-electron chi connectivity index (χ4n) is 4.74. The maximum Gasteiger partial charge on any atom is 0.223 e. The molecule has 4 aromatic rings. The third-order valence-electron chi connectivity index (χ3n) is 6.43. The van der Waals surface area contributed by atoms with Crippen LogP contribution in [0, 0.1) is 11.7 Å². The van der Waals surface area contributed by atoms with Crippen molar-refractivity contribution in [2.24, 2.45) is 5.92 Å². The SMILES string of the molecule is C[C@H]1C[C@@H](Cn2cnc3cc(-c4cn[nH]c4)ccc32)CN1C(=O)CCc1ccc(F)cc1. The summed E-state index contributed by atoms with van der Waals surface area (Å²) in [7, 11) is 0. The van der Waals surface area contributed by atoms with Gasteiger partial charge in [0.2, 0.25) is 5.91 Å². The molecule has 2 aromatic heterocycles. The average Bonchev–Trinajstić information content (AvgIpc) is 3.54. The first-order valence-electron chi connectivity index (χ1n) is 11.0. The summed E-state index contributed by atoms with van der Waals surface area (Å²) in [4.78, 5) is 19.4. The van der Waals surface area contributed by atoms with Gasteiger partial charge in [0.15, 0.2) is 0 Å². The second-order valence-corrected chi connectivity index (χ2v) is 8.71. The molecule has 0 bridgehead atoms. The molecule has 0 unspecified atom stereocenters. The number of nitrogens with zero attached hydrogens (tertiary/aromatic N) is 4. The molecule has 0 spiro atoms. The van der Waals surface area contributed by atoms with Gasteiger partial charge in [-0.2, -0.15) is 5.10 Å². The molecular formula is C25H26FN5O. The van der Waals surface area contributed by atoms with E-state index in [1.54, 1.807) is 18.3 Å². The predicted octanol–water partition coefficient (Wildman–Crippen LogP) is 4.44. The fraction of sp³-hybridized carbons (Fsp3) is 0.320. The number of benzene rings is 2. The van der Waals surface area contributed by atoms with Crippen LogP contribution in [0.1, 0.15) is 25.3 Å². The van der Waals surface area contributed by atoms with Crippen LogP contribution < -0.4 is 0 Å². The molecule has 1 aliphatic heterocycles. The predicted molar refractivity (Wildman–Crippen MR) is 121 cm³/mol. The van der Waals surface area contributed by atoms with Gasteiger partial charge in [0, 0.05) is 37.3 Å². The molecule has 2 aromatic carbocycles. The normalized spacial score (nSPS) is 18.5. The molecule has 0 aliphatic carbocycles. The Labute approximate surface area is 186 Å². The van der Waals surface area contributed by atoms with Gasteiger partial charge in [0.25, 0.3) is 0 Å². The number of aromatic amines is 1. The van der Waals surface area contributed by atoms with E-state index in [1.165, 1.54) is 12.1 Å². The minimum Gasteiger partial charge on any atom is -0.340 e. The van der Waals surface area contributed by atoms with Gasteiger partial charge < -0.3 is 9.47 Å². The number of aryl methyl sites for hydroxylation is 1. The van der Waals surface area contributed by atoms with Gasteiger partial charge >= 0.3 is 0 Å². The molecule has 7 heteroatoms. The zero-order valence-electron chi connectivity index (χ0n) is 18.0. The first kappa shape index (κ1) is 20.4. The summed E-state index contributed by atoms with van der Waals surface area (Å²) in [5, 5.41) is 6.86. The number of fused-ring (bicyclic) bond motifs is 1. The number of carbonyl (C=O) groups is 1. The molecular weight excluding hydrogens is 405 g/mol. The number of nitrogens with one attached hydrogen (secondary N) is 1. The summed E-state index contributed by atoms with van der Waals surface area (Å²) in [6, 6.07) is 12.9. The second-order valence-electron chi connectivity index (χ2n) is 8.71. The third-order valence-corrected chi connectivity index (χ3v) is 6.43. The van der Waals surface area contributed by atoms with Crippen LogP contribution in [0.5, 0.6) is 0 Å².